The molecule has 3 fully saturated rings. The highest BCUT2D eigenvalue weighted by Gasteiger charge is 2.79. The SMILES string of the molecule is CC1(C)[C@@H]2CC[C@@]1(C)[C@]1(O)C(=O)C[C@@H](c3ccccc3)[C@H]21. The summed E-state index contributed by atoms with van der Waals surface area (Å²) in [7, 11) is 0. The van der Waals surface area contributed by atoms with E-state index < -0.39 is 5.60 Å². The van der Waals surface area contributed by atoms with E-state index in [9.17, 15) is 9.90 Å². The zero-order valence-corrected chi connectivity index (χ0v) is 13.1. The Morgan fingerprint density at radius 1 is 1.14 bits per heavy atom. The molecule has 0 amide bonds. The zero-order valence-electron chi connectivity index (χ0n) is 13.1. The van der Waals surface area contributed by atoms with Gasteiger partial charge in [-0.3, -0.25) is 4.79 Å². The fraction of sp³-hybridized carbons (Fsp3) is 0.632. The van der Waals surface area contributed by atoms with E-state index in [0.29, 0.717) is 12.3 Å². The van der Waals surface area contributed by atoms with Crippen LogP contribution in [0.2, 0.25) is 0 Å². The third kappa shape index (κ3) is 1.27. The minimum atomic E-state index is -1.11. The molecule has 112 valence electrons. The van der Waals surface area contributed by atoms with E-state index in [1.165, 1.54) is 5.56 Å². The molecule has 2 nitrogen and oxygen atoms in total. The first-order valence-corrected chi connectivity index (χ1v) is 8.14. The third-order valence-electron chi connectivity index (χ3n) is 7.55. The molecule has 0 saturated heterocycles. The molecule has 1 aromatic carbocycles. The average Bonchev–Trinajstić information content (AvgIpc) is 2.91. The topological polar surface area (TPSA) is 37.3 Å². The smallest absolute Gasteiger partial charge is 0.165 e. The Hall–Kier alpha value is -1.15. The van der Waals surface area contributed by atoms with Crippen molar-refractivity contribution in [2.45, 2.75) is 51.6 Å². The molecule has 0 aromatic heterocycles. The highest BCUT2D eigenvalue weighted by atomic mass is 16.3. The first-order chi connectivity index (χ1) is 9.84. The normalized spacial score (nSPS) is 46.9. The van der Waals surface area contributed by atoms with Crippen LogP contribution in [-0.4, -0.2) is 16.5 Å². The van der Waals surface area contributed by atoms with Crippen LogP contribution in [0.25, 0.3) is 0 Å². The van der Waals surface area contributed by atoms with Gasteiger partial charge in [-0.2, -0.15) is 0 Å². The number of hydrogen-bond acceptors (Lipinski definition) is 2. The Bertz CT molecular complexity index is 605. The molecule has 0 aliphatic heterocycles. The van der Waals surface area contributed by atoms with Gasteiger partial charge in [0.15, 0.2) is 5.78 Å². The summed E-state index contributed by atoms with van der Waals surface area (Å²) < 4.78 is 0. The molecule has 0 heterocycles. The van der Waals surface area contributed by atoms with Gasteiger partial charge in [-0.05, 0) is 35.7 Å². The molecule has 3 saturated carbocycles. The van der Waals surface area contributed by atoms with E-state index in [1.54, 1.807) is 0 Å². The molecule has 0 radical (unpaired) electrons. The van der Waals surface area contributed by atoms with Crippen molar-refractivity contribution in [3.05, 3.63) is 35.9 Å². The van der Waals surface area contributed by atoms with E-state index in [-0.39, 0.29) is 28.4 Å². The molecule has 21 heavy (non-hydrogen) atoms. The summed E-state index contributed by atoms with van der Waals surface area (Å²) in [6.45, 7) is 6.67. The molecule has 2 bridgehead atoms. The molecule has 1 N–H and O–H groups in total. The Labute approximate surface area is 126 Å². The van der Waals surface area contributed by atoms with Crippen LogP contribution in [0.1, 0.15) is 51.5 Å². The van der Waals surface area contributed by atoms with E-state index in [4.69, 9.17) is 0 Å². The number of carbonyl (C=O) groups excluding carboxylic acids is 1. The molecule has 3 aliphatic carbocycles. The predicted octanol–water partition coefficient (Wildman–Crippen LogP) is 3.55. The second-order valence-electron chi connectivity index (χ2n) is 8.14. The molecular formula is C19H24O2. The van der Waals surface area contributed by atoms with Crippen LogP contribution in [-0.2, 0) is 4.79 Å². The summed E-state index contributed by atoms with van der Waals surface area (Å²) in [5, 5.41) is 11.5. The highest BCUT2D eigenvalue weighted by molar-refractivity contribution is 5.93. The number of hydrogen-bond donors (Lipinski definition) is 1. The number of fused-ring (bicyclic) bond motifs is 5. The lowest BCUT2D eigenvalue weighted by molar-refractivity contribution is -0.155. The maximum atomic E-state index is 12.8. The molecule has 0 unspecified atom stereocenters. The Kier molecular flexibility index (Phi) is 2.43. The Balaban J connectivity index is 1.87. The van der Waals surface area contributed by atoms with Gasteiger partial charge in [-0.1, -0.05) is 51.1 Å². The molecule has 5 atom stereocenters. The van der Waals surface area contributed by atoms with Crippen molar-refractivity contribution in [1.29, 1.82) is 0 Å². The summed E-state index contributed by atoms with van der Waals surface area (Å²) in [6.07, 6.45) is 2.63. The van der Waals surface area contributed by atoms with Gasteiger partial charge in [0.25, 0.3) is 0 Å². The number of carbonyl (C=O) groups is 1. The Morgan fingerprint density at radius 2 is 1.81 bits per heavy atom. The number of Topliss-reactive ketones (excluding diaryl/α,β-unsaturated/α-hetero) is 1. The summed E-state index contributed by atoms with van der Waals surface area (Å²) in [6, 6.07) is 10.3. The lowest BCUT2D eigenvalue weighted by Crippen LogP contribution is -2.53. The molecule has 1 aromatic rings. The molecule has 0 spiro atoms. The molecule has 3 aliphatic rings. The molecule has 4 rings (SSSR count). The average molecular weight is 284 g/mol. The first-order valence-electron chi connectivity index (χ1n) is 8.14. The lowest BCUT2D eigenvalue weighted by atomic mass is 9.63. The van der Waals surface area contributed by atoms with Crippen molar-refractivity contribution in [1.82, 2.24) is 0 Å². The number of aliphatic hydroxyl groups is 1. The van der Waals surface area contributed by atoms with Crippen molar-refractivity contribution in [3.63, 3.8) is 0 Å². The molecule has 2 heteroatoms. The summed E-state index contributed by atoms with van der Waals surface area (Å²) in [5.41, 5.74) is -0.121. The second-order valence-corrected chi connectivity index (χ2v) is 8.14. The zero-order chi connectivity index (χ0) is 15.0. The summed E-state index contributed by atoms with van der Waals surface area (Å²) in [4.78, 5) is 12.8. The van der Waals surface area contributed by atoms with Gasteiger partial charge in [0.2, 0.25) is 0 Å². The van der Waals surface area contributed by atoms with E-state index in [2.05, 4.69) is 32.9 Å². The monoisotopic (exact) mass is 284 g/mol. The van der Waals surface area contributed by atoms with Crippen molar-refractivity contribution in [2.24, 2.45) is 22.7 Å². The third-order valence-corrected chi connectivity index (χ3v) is 7.55. The van der Waals surface area contributed by atoms with E-state index in [1.807, 2.05) is 18.2 Å². The van der Waals surface area contributed by atoms with Crippen LogP contribution < -0.4 is 0 Å². The van der Waals surface area contributed by atoms with Gasteiger partial charge >= 0.3 is 0 Å². The first kappa shape index (κ1) is 13.5. The van der Waals surface area contributed by atoms with E-state index >= 15 is 0 Å². The Morgan fingerprint density at radius 3 is 2.48 bits per heavy atom. The quantitative estimate of drug-likeness (QED) is 0.856. The van der Waals surface area contributed by atoms with Crippen LogP contribution >= 0.6 is 0 Å². The predicted molar refractivity (Wildman–Crippen MR) is 81.9 cm³/mol. The highest BCUT2D eigenvalue weighted by Crippen LogP contribution is 2.76. The van der Waals surface area contributed by atoms with Crippen molar-refractivity contribution >= 4 is 5.78 Å². The van der Waals surface area contributed by atoms with Crippen LogP contribution in [0.3, 0.4) is 0 Å². The van der Waals surface area contributed by atoms with Gasteiger partial charge in [0.1, 0.15) is 5.60 Å². The second kappa shape index (κ2) is 3.78. The number of rotatable bonds is 1. The fourth-order valence-corrected chi connectivity index (χ4v) is 6.08. The van der Waals surface area contributed by atoms with Gasteiger partial charge in [0, 0.05) is 17.8 Å². The largest absolute Gasteiger partial charge is 0.381 e. The van der Waals surface area contributed by atoms with Gasteiger partial charge < -0.3 is 5.11 Å². The maximum Gasteiger partial charge on any atom is 0.165 e. The van der Waals surface area contributed by atoms with Crippen molar-refractivity contribution < 1.29 is 9.90 Å². The maximum absolute atomic E-state index is 12.8. The van der Waals surface area contributed by atoms with E-state index in [0.717, 1.165) is 12.8 Å². The van der Waals surface area contributed by atoms with Gasteiger partial charge in [-0.15, -0.1) is 0 Å². The van der Waals surface area contributed by atoms with Crippen LogP contribution in [0.15, 0.2) is 30.3 Å². The summed E-state index contributed by atoms with van der Waals surface area (Å²) >= 11 is 0. The van der Waals surface area contributed by atoms with Crippen molar-refractivity contribution in [2.75, 3.05) is 0 Å². The minimum absolute atomic E-state index is 0.0372. The minimum Gasteiger partial charge on any atom is -0.381 e. The van der Waals surface area contributed by atoms with Crippen LogP contribution in [0, 0.1) is 22.7 Å². The number of ketones is 1. The van der Waals surface area contributed by atoms with Gasteiger partial charge in [-0.25, -0.2) is 0 Å². The van der Waals surface area contributed by atoms with Crippen molar-refractivity contribution in [3.8, 4) is 0 Å². The van der Waals surface area contributed by atoms with Gasteiger partial charge in [0.05, 0.1) is 0 Å². The summed E-state index contributed by atoms with van der Waals surface area (Å²) in [5.74, 6) is 0.819. The fourth-order valence-electron chi connectivity index (χ4n) is 6.08. The lowest BCUT2D eigenvalue weighted by Gasteiger charge is -2.44. The molecular weight excluding hydrogens is 260 g/mol. The standard InChI is InChI=1S/C19H24O2/c1-17(2)14-9-10-18(17,3)19(21)15(20)11-13(16(14)19)12-7-5-4-6-8-12/h4-8,13-14,16,21H,9-11H2,1-3H3/t13-,14+,16+,18+,19-/m0/s1. The van der Waals surface area contributed by atoms with Crippen LogP contribution in [0.4, 0.5) is 0 Å². The van der Waals surface area contributed by atoms with Crippen LogP contribution in [0.5, 0.6) is 0 Å². The number of benzene rings is 1.